The average molecular weight is 282 g/mol. The molecule has 0 fully saturated rings. The third kappa shape index (κ3) is 2.43. The molecule has 0 saturated carbocycles. The van der Waals surface area contributed by atoms with Crippen LogP contribution in [0.15, 0.2) is 35.1 Å². The van der Waals surface area contributed by atoms with Gasteiger partial charge in [0.05, 0.1) is 0 Å². The Balaban J connectivity index is 1.92. The summed E-state index contributed by atoms with van der Waals surface area (Å²) in [5.74, 6) is 0.0383. The van der Waals surface area contributed by atoms with Gasteiger partial charge in [-0.15, -0.1) is 0 Å². The molecule has 2 aromatic heterocycles. The second-order valence-corrected chi connectivity index (χ2v) is 4.90. The van der Waals surface area contributed by atoms with E-state index < -0.39 is 0 Å². The number of amides is 1. The summed E-state index contributed by atoms with van der Waals surface area (Å²) in [7, 11) is 0. The van der Waals surface area contributed by atoms with Gasteiger partial charge < -0.3 is 10.3 Å². The first-order valence-electron chi connectivity index (χ1n) is 6.50. The molecular formula is C15H14N4O2. The summed E-state index contributed by atoms with van der Waals surface area (Å²) in [6, 6.07) is 8.24. The summed E-state index contributed by atoms with van der Waals surface area (Å²) in [6.45, 7) is 4.01. The first-order chi connectivity index (χ1) is 10.0. The van der Waals surface area contributed by atoms with Crippen molar-refractivity contribution in [2.24, 2.45) is 0 Å². The van der Waals surface area contributed by atoms with Crippen molar-refractivity contribution in [1.82, 2.24) is 15.2 Å². The highest BCUT2D eigenvalue weighted by molar-refractivity contribution is 6.06. The molecule has 106 valence electrons. The van der Waals surface area contributed by atoms with Gasteiger partial charge in [-0.1, -0.05) is 0 Å². The number of anilines is 1. The second kappa shape index (κ2) is 4.90. The molecule has 0 spiro atoms. The van der Waals surface area contributed by atoms with Gasteiger partial charge in [0.1, 0.15) is 0 Å². The molecule has 0 atom stereocenters. The molecule has 0 unspecified atom stereocenters. The topological polar surface area (TPSA) is 90.6 Å². The van der Waals surface area contributed by atoms with Crippen molar-refractivity contribution in [1.29, 1.82) is 0 Å². The number of nitrogens with one attached hydrogen (secondary N) is 3. The minimum atomic E-state index is -0.312. The fraction of sp³-hybridized carbons (Fsp3) is 0.133. The molecule has 0 saturated heterocycles. The summed E-state index contributed by atoms with van der Waals surface area (Å²) in [4.78, 5) is 26.4. The number of aromatic nitrogens is 3. The normalized spacial score (nSPS) is 10.8. The number of nitrogens with zero attached hydrogens (tertiary/aromatic N) is 1. The average Bonchev–Trinajstić information content (AvgIpc) is 2.76. The minimum Gasteiger partial charge on any atom is -0.358 e. The van der Waals surface area contributed by atoms with Crippen molar-refractivity contribution < 1.29 is 4.79 Å². The van der Waals surface area contributed by atoms with E-state index in [0.29, 0.717) is 11.4 Å². The molecule has 6 heteroatoms. The van der Waals surface area contributed by atoms with Crippen molar-refractivity contribution in [3.8, 4) is 0 Å². The Kier molecular flexibility index (Phi) is 3.06. The number of carbonyl (C=O) groups is 1. The first kappa shape index (κ1) is 13.1. The zero-order chi connectivity index (χ0) is 15.0. The highest BCUT2D eigenvalue weighted by atomic mass is 16.2. The van der Waals surface area contributed by atoms with E-state index in [1.54, 1.807) is 6.07 Å². The highest BCUT2D eigenvalue weighted by Crippen LogP contribution is 2.22. The van der Waals surface area contributed by atoms with E-state index in [-0.39, 0.29) is 11.5 Å². The van der Waals surface area contributed by atoms with Crippen LogP contribution < -0.4 is 10.9 Å². The Morgan fingerprint density at radius 3 is 2.71 bits per heavy atom. The van der Waals surface area contributed by atoms with Gasteiger partial charge in [0.2, 0.25) is 0 Å². The molecule has 0 bridgehead atoms. The van der Waals surface area contributed by atoms with E-state index >= 15 is 0 Å². The largest absolute Gasteiger partial charge is 0.358 e. The zero-order valence-corrected chi connectivity index (χ0v) is 11.7. The fourth-order valence-corrected chi connectivity index (χ4v) is 2.21. The van der Waals surface area contributed by atoms with E-state index in [2.05, 4.69) is 20.5 Å². The smallest absolute Gasteiger partial charge is 0.264 e. The standard InChI is InChI=1S/C15H14N4O2/c1-8-9(2)16-12-4-3-10(7-11(8)12)15(21)17-13-5-6-14(20)19-18-13/h3-7,16H,1-2H3,(H,19,20)(H,17,18,21). The quantitative estimate of drug-likeness (QED) is 0.672. The van der Waals surface area contributed by atoms with Gasteiger partial charge in [-0.3, -0.25) is 9.59 Å². The Morgan fingerprint density at radius 2 is 2.00 bits per heavy atom. The Hall–Kier alpha value is -2.89. The van der Waals surface area contributed by atoms with Crippen molar-refractivity contribution in [3.05, 3.63) is 57.5 Å². The van der Waals surface area contributed by atoms with E-state index in [9.17, 15) is 9.59 Å². The number of benzene rings is 1. The van der Waals surface area contributed by atoms with E-state index in [1.165, 1.54) is 12.1 Å². The van der Waals surface area contributed by atoms with Crippen LogP contribution in [-0.2, 0) is 0 Å². The third-order valence-electron chi connectivity index (χ3n) is 3.49. The van der Waals surface area contributed by atoms with Crippen LogP contribution in [0.5, 0.6) is 0 Å². The van der Waals surface area contributed by atoms with E-state index in [0.717, 1.165) is 22.2 Å². The summed E-state index contributed by atoms with van der Waals surface area (Å²) in [5, 5.41) is 9.69. The highest BCUT2D eigenvalue weighted by Gasteiger charge is 2.10. The molecule has 3 aromatic rings. The third-order valence-corrected chi connectivity index (χ3v) is 3.49. The number of hydrogen-bond acceptors (Lipinski definition) is 3. The predicted molar refractivity (Wildman–Crippen MR) is 80.6 cm³/mol. The van der Waals surface area contributed by atoms with Gasteiger partial charge in [0.25, 0.3) is 11.5 Å². The predicted octanol–water partition coefficient (Wildman–Crippen LogP) is 2.12. The van der Waals surface area contributed by atoms with Crippen molar-refractivity contribution in [3.63, 3.8) is 0 Å². The van der Waals surface area contributed by atoms with Gasteiger partial charge in [0, 0.05) is 28.2 Å². The van der Waals surface area contributed by atoms with Gasteiger partial charge in [-0.05, 0) is 43.7 Å². The summed E-state index contributed by atoms with van der Waals surface area (Å²) in [5.41, 5.74) is 3.45. The lowest BCUT2D eigenvalue weighted by Gasteiger charge is -2.04. The number of rotatable bonds is 2. The number of carbonyl (C=O) groups excluding carboxylic acids is 1. The van der Waals surface area contributed by atoms with Gasteiger partial charge >= 0.3 is 0 Å². The van der Waals surface area contributed by atoms with Crippen LogP contribution in [0.4, 0.5) is 5.82 Å². The fourth-order valence-electron chi connectivity index (χ4n) is 2.21. The van der Waals surface area contributed by atoms with Crippen LogP contribution in [0.2, 0.25) is 0 Å². The van der Waals surface area contributed by atoms with E-state index in [4.69, 9.17) is 0 Å². The van der Waals surface area contributed by atoms with Crippen molar-refractivity contribution in [2.45, 2.75) is 13.8 Å². The van der Waals surface area contributed by atoms with Gasteiger partial charge in [-0.2, -0.15) is 5.10 Å². The molecule has 0 aliphatic rings. The van der Waals surface area contributed by atoms with Crippen LogP contribution in [-0.4, -0.2) is 21.1 Å². The lowest BCUT2D eigenvalue weighted by Crippen LogP contribution is -2.15. The van der Waals surface area contributed by atoms with Gasteiger partial charge in [-0.25, -0.2) is 5.10 Å². The van der Waals surface area contributed by atoms with Crippen LogP contribution in [0.1, 0.15) is 21.6 Å². The number of aryl methyl sites for hydroxylation is 2. The molecular weight excluding hydrogens is 268 g/mol. The summed E-state index contributed by atoms with van der Waals surface area (Å²) >= 11 is 0. The molecule has 6 nitrogen and oxygen atoms in total. The molecule has 2 heterocycles. The number of aromatic amines is 2. The Labute approximate surface area is 120 Å². The molecule has 21 heavy (non-hydrogen) atoms. The summed E-state index contributed by atoms with van der Waals surface area (Å²) in [6.07, 6.45) is 0. The maximum atomic E-state index is 12.2. The molecule has 0 aliphatic heterocycles. The minimum absolute atomic E-state index is 0.269. The molecule has 1 amide bonds. The molecule has 0 aliphatic carbocycles. The Bertz CT molecular complexity index is 872. The van der Waals surface area contributed by atoms with Gasteiger partial charge in [0.15, 0.2) is 5.82 Å². The lowest BCUT2D eigenvalue weighted by molar-refractivity contribution is 0.102. The molecule has 3 rings (SSSR count). The number of hydrogen-bond donors (Lipinski definition) is 3. The van der Waals surface area contributed by atoms with Crippen LogP contribution in [0, 0.1) is 13.8 Å². The van der Waals surface area contributed by atoms with Crippen LogP contribution >= 0.6 is 0 Å². The number of fused-ring (bicyclic) bond motifs is 1. The Morgan fingerprint density at radius 1 is 1.19 bits per heavy atom. The van der Waals surface area contributed by atoms with Crippen LogP contribution in [0.3, 0.4) is 0 Å². The monoisotopic (exact) mass is 282 g/mol. The van der Waals surface area contributed by atoms with Crippen molar-refractivity contribution >= 4 is 22.6 Å². The number of H-pyrrole nitrogens is 2. The van der Waals surface area contributed by atoms with E-state index in [1.807, 2.05) is 26.0 Å². The zero-order valence-electron chi connectivity index (χ0n) is 11.7. The lowest BCUT2D eigenvalue weighted by atomic mass is 10.1. The molecule has 3 N–H and O–H groups in total. The molecule has 1 aromatic carbocycles. The first-order valence-corrected chi connectivity index (χ1v) is 6.50. The maximum absolute atomic E-state index is 12.2. The summed E-state index contributed by atoms with van der Waals surface area (Å²) < 4.78 is 0. The maximum Gasteiger partial charge on any atom is 0.264 e. The van der Waals surface area contributed by atoms with Crippen LogP contribution in [0.25, 0.3) is 10.9 Å². The van der Waals surface area contributed by atoms with Crippen molar-refractivity contribution in [2.75, 3.05) is 5.32 Å². The second-order valence-electron chi connectivity index (χ2n) is 4.90. The molecule has 0 radical (unpaired) electrons. The SMILES string of the molecule is Cc1[nH]c2ccc(C(=O)Nc3ccc(=O)[nH]n3)cc2c1C.